The highest BCUT2D eigenvalue weighted by atomic mass is 16.1. The fourth-order valence-corrected chi connectivity index (χ4v) is 3.87. The number of carbonyl (C=O) groups excluding carboxylic acids is 1. The molecule has 0 bridgehead atoms. The van der Waals surface area contributed by atoms with E-state index in [1.54, 1.807) is 13.2 Å². The van der Waals surface area contributed by atoms with Crippen LogP contribution in [0.4, 0.5) is 11.4 Å². The molecule has 1 amide bonds. The average Bonchev–Trinajstić information content (AvgIpc) is 3.33. The van der Waals surface area contributed by atoms with Crippen molar-refractivity contribution in [3.05, 3.63) is 72.6 Å². The normalized spacial score (nSPS) is 11.0. The predicted molar refractivity (Wildman–Crippen MR) is 134 cm³/mol. The summed E-state index contributed by atoms with van der Waals surface area (Å²) in [6, 6.07) is 17.9. The molecule has 0 saturated heterocycles. The van der Waals surface area contributed by atoms with Gasteiger partial charge in [-0.2, -0.15) is 5.10 Å². The number of carbonyl (C=O) groups is 1. The second-order valence-corrected chi connectivity index (χ2v) is 8.02. The highest BCUT2D eigenvalue weighted by molar-refractivity contribution is 6.08. The molecule has 7 heteroatoms. The van der Waals surface area contributed by atoms with Crippen molar-refractivity contribution in [2.75, 3.05) is 18.9 Å². The minimum atomic E-state index is -0.188. The van der Waals surface area contributed by atoms with Gasteiger partial charge in [0.2, 0.25) is 0 Å². The molecular weight excluding hydrogens is 412 g/mol. The molecule has 0 radical (unpaired) electrons. The van der Waals surface area contributed by atoms with Crippen LogP contribution in [0.25, 0.3) is 22.2 Å². The van der Waals surface area contributed by atoms with Crippen molar-refractivity contribution >= 4 is 28.2 Å². The lowest BCUT2D eigenvalue weighted by Crippen LogP contribution is -2.19. The van der Waals surface area contributed by atoms with Gasteiger partial charge in [-0.25, -0.2) is 0 Å². The summed E-state index contributed by atoms with van der Waals surface area (Å²) in [5.41, 5.74) is 10.4. The van der Waals surface area contributed by atoms with Crippen LogP contribution >= 0.6 is 0 Å². The van der Waals surface area contributed by atoms with Crippen molar-refractivity contribution in [2.45, 2.75) is 32.2 Å². The van der Waals surface area contributed by atoms with Gasteiger partial charge in [0.25, 0.3) is 5.91 Å². The van der Waals surface area contributed by atoms with Gasteiger partial charge in [-0.1, -0.05) is 37.1 Å². The summed E-state index contributed by atoms with van der Waals surface area (Å²) < 4.78 is 1.99. The second-order valence-electron chi connectivity index (χ2n) is 8.02. The van der Waals surface area contributed by atoms with E-state index in [2.05, 4.69) is 15.6 Å². The van der Waals surface area contributed by atoms with Gasteiger partial charge >= 0.3 is 0 Å². The third-order valence-corrected chi connectivity index (χ3v) is 5.66. The van der Waals surface area contributed by atoms with Gasteiger partial charge in [-0.15, -0.1) is 0 Å². The summed E-state index contributed by atoms with van der Waals surface area (Å²) >= 11 is 0. The Morgan fingerprint density at radius 2 is 1.85 bits per heavy atom. The molecule has 0 saturated carbocycles. The summed E-state index contributed by atoms with van der Waals surface area (Å²) in [5.74, 6) is -0.188. The van der Waals surface area contributed by atoms with E-state index in [0.29, 0.717) is 5.56 Å². The number of unbranched alkanes of at least 4 members (excludes halogenated alkanes) is 3. The molecule has 0 aliphatic rings. The number of benzene rings is 2. The summed E-state index contributed by atoms with van der Waals surface area (Å²) in [7, 11) is 1.62. The number of nitrogens with one attached hydrogen (secondary N) is 2. The maximum absolute atomic E-state index is 12.6. The SMILES string of the molecule is CNC(=O)c1cnc2ccc(-c3ccn(CCCCCCN)n3)cc2c1Nc1ccccc1. The molecule has 0 aliphatic heterocycles. The van der Waals surface area contributed by atoms with Gasteiger partial charge in [-0.05, 0) is 49.7 Å². The smallest absolute Gasteiger partial charge is 0.254 e. The van der Waals surface area contributed by atoms with Crippen molar-refractivity contribution in [3.63, 3.8) is 0 Å². The molecule has 2 aromatic carbocycles. The molecule has 7 nitrogen and oxygen atoms in total. The first-order valence-corrected chi connectivity index (χ1v) is 11.4. The highest BCUT2D eigenvalue weighted by Crippen LogP contribution is 2.32. The number of nitrogens with zero attached hydrogens (tertiary/aromatic N) is 3. The van der Waals surface area contributed by atoms with Gasteiger partial charge < -0.3 is 16.4 Å². The standard InChI is InChI=1S/C26H30N6O/c1-28-26(33)22-18-29-24-12-11-19(17-21(24)25(22)30-20-9-5-4-6-10-20)23-13-16-32(31-23)15-8-3-2-7-14-27/h4-6,9-13,16-18H,2-3,7-8,14-15,27H2,1H3,(H,28,33)(H,29,30). The Kier molecular flexibility index (Phi) is 7.32. The van der Waals surface area contributed by atoms with Crippen LogP contribution in [-0.2, 0) is 6.54 Å². The Morgan fingerprint density at radius 1 is 1.03 bits per heavy atom. The van der Waals surface area contributed by atoms with Crippen molar-refractivity contribution in [2.24, 2.45) is 5.73 Å². The van der Waals surface area contributed by atoms with Crippen LogP contribution in [-0.4, -0.2) is 34.3 Å². The van der Waals surface area contributed by atoms with E-state index in [0.717, 1.165) is 72.3 Å². The lowest BCUT2D eigenvalue weighted by Gasteiger charge is -2.14. The van der Waals surface area contributed by atoms with Gasteiger partial charge in [0, 0.05) is 42.6 Å². The van der Waals surface area contributed by atoms with E-state index in [1.807, 2.05) is 65.5 Å². The quantitative estimate of drug-likeness (QED) is 0.309. The number of nitrogens with two attached hydrogens (primary N) is 1. The highest BCUT2D eigenvalue weighted by Gasteiger charge is 2.16. The number of fused-ring (bicyclic) bond motifs is 1. The van der Waals surface area contributed by atoms with Gasteiger partial charge in [0.05, 0.1) is 22.5 Å². The maximum atomic E-state index is 12.6. The topological polar surface area (TPSA) is 97.9 Å². The molecular formula is C26H30N6O. The molecule has 0 unspecified atom stereocenters. The lowest BCUT2D eigenvalue weighted by molar-refractivity contribution is 0.0963. The minimum absolute atomic E-state index is 0.188. The Labute approximate surface area is 194 Å². The number of aryl methyl sites for hydroxylation is 1. The van der Waals surface area contributed by atoms with Crippen molar-refractivity contribution < 1.29 is 4.79 Å². The number of hydrogen-bond acceptors (Lipinski definition) is 5. The Hall–Kier alpha value is -3.71. The fraction of sp³-hybridized carbons (Fsp3) is 0.269. The molecule has 33 heavy (non-hydrogen) atoms. The molecule has 2 heterocycles. The zero-order chi connectivity index (χ0) is 23.0. The van der Waals surface area contributed by atoms with Crippen LogP contribution in [0.15, 0.2) is 67.0 Å². The van der Waals surface area contributed by atoms with Crippen LogP contribution in [0.5, 0.6) is 0 Å². The van der Waals surface area contributed by atoms with E-state index in [1.165, 1.54) is 0 Å². The molecule has 0 atom stereocenters. The molecule has 0 fully saturated rings. The first-order chi connectivity index (χ1) is 16.2. The Balaban J connectivity index is 1.66. The number of para-hydroxylation sites is 1. The molecule has 2 aromatic heterocycles. The van der Waals surface area contributed by atoms with E-state index in [9.17, 15) is 4.79 Å². The van der Waals surface area contributed by atoms with Crippen LogP contribution in [0, 0.1) is 0 Å². The predicted octanol–water partition coefficient (Wildman–Crippen LogP) is 4.72. The van der Waals surface area contributed by atoms with Gasteiger partial charge in [0.15, 0.2) is 0 Å². The van der Waals surface area contributed by atoms with Gasteiger partial charge in [0.1, 0.15) is 0 Å². The molecule has 4 rings (SSSR count). The zero-order valence-electron chi connectivity index (χ0n) is 18.9. The monoisotopic (exact) mass is 442 g/mol. The Bertz CT molecular complexity index is 1220. The number of pyridine rings is 1. The second kappa shape index (κ2) is 10.7. The summed E-state index contributed by atoms with van der Waals surface area (Å²) in [5, 5.41) is 11.8. The molecule has 4 aromatic rings. The number of hydrogen-bond donors (Lipinski definition) is 3. The largest absolute Gasteiger partial charge is 0.355 e. The summed E-state index contributed by atoms with van der Waals surface area (Å²) in [6.07, 6.45) is 8.12. The van der Waals surface area contributed by atoms with Crippen LogP contribution in [0.3, 0.4) is 0 Å². The molecule has 0 spiro atoms. The number of anilines is 2. The fourth-order valence-electron chi connectivity index (χ4n) is 3.87. The van der Waals surface area contributed by atoms with E-state index in [4.69, 9.17) is 10.8 Å². The van der Waals surface area contributed by atoms with Crippen molar-refractivity contribution in [1.29, 1.82) is 0 Å². The molecule has 170 valence electrons. The third-order valence-electron chi connectivity index (χ3n) is 5.66. The van der Waals surface area contributed by atoms with Crippen LogP contribution in [0.1, 0.15) is 36.0 Å². The first-order valence-electron chi connectivity index (χ1n) is 11.4. The van der Waals surface area contributed by atoms with Crippen molar-refractivity contribution in [1.82, 2.24) is 20.1 Å². The maximum Gasteiger partial charge on any atom is 0.254 e. The van der Waals surface area contributed by atoms with E-state index in [-0.39, 0.29) is 5.91 Å². The van der Waals surface area contributed by atoms with Crippen molar-refractivity contribution in [3.8, 4) is 11.3 Å². The van der Waals surface area contributed by atoms with Gasteiger partial charge in [-0.3, -0.25) is 14.5 Å². The Morgan fingerprint density at radius 3 is 2.64 bits per heavy atom. The number of rotatable bonds is 10. The summed E-state index contributed by atoms with van der Waals surface area (Å²) in [4.78, 5) is 17.1. The first kappa shape index (κ1) is 22.5. The third kappa shape index (κ3) is 5.38. The lowest BCUT2D eigenvalue weighted by atomic mass is 10.0. The van der Waals surface area contributed by atoms with Crippen LogP contribution in [0.2, 0.25) is 0 Å². The van der Waals surface area contributed by atoms with E-state index < -0.39 is 0 Å². The summed E-state index contributed by atoms with van der Waals surface area (Å²) in [6.45, 7) is 1.65. The molecule has 0 aliphatic carbocycles. The van der Waals surface area contributed by atoms with E-state index >= 15 is 0 Å². The molecule has 4 N–H and O–H groups in total. The zero-order valence-corrected chi connectivity index (χ0v) is 18.9. The minimum Gasteiger partial charge on any atom is -0.355 e. The van der Waals surface area contributed by atoms with Crippen LogP contribution < -0.4 is 16.4 Å². The number of aromatic nitrogens is 3. The average molecular weight is 443 g/mol. The number of amides is 1.